The van der Waals surface area contributed by atoms with Crippen LogP contribution in [-0.4, -0.2) is 12.4 Å². The first-order chi connectivity index (χ1) is 9.79. The highest BCUT2D eigenvalue weighted by atomic mass is 16.7. The fourth-order valence-electron chi connectivity index (χ4n) is 2.89. The molecule has 2 nitrogen and oxygen atoms in total. The van der Waals surface area contributed by atoms with Gasteiger partial charge in [0.1, 0.15) is 0 Å². The number of ether oxygens (including phenoxy) is 2. The molecular formula is C18H28O2. The Kier molecular flexibility index (Phi) is 6.06. The Bertz CT molecular complexity index is 366. The van der Waals surface area contributed by atoms with E-state index in [1.54, 1.807) is 0 Å². The summed E-state index contributed by atoms with van der Waals surface area (Å²) in [4.78, 5) is 0. The second-order valence-electron chi connectivity index (χ2n) is 5.77. The first-order valence-corrected chi connectivity index (χ1v) is 8.16. The van der Waals surface area contributed by atoms with Crippen molar-refractivity contribution in [1.29, 1.82) is 0 Å². The Morgan fingerprint density at radius 2 is 1.70 bits per heavy atom. The normalized spacial score (nSPS) is 21.8. The number of hydrogen-bond donors (Lipinski definition) is 0. The van der Waals surface area contributed by atoms with Crippen LogP contribution in [0.1, 0.15) is 70.5 Å². The van der Waals surface area contributed by atoms with Crippen LogP contribution in [-0.2, 0) is 9.47 Å². The molecule has 1 saturated heterocycles. The molecule has 1 aromatic rings. The first-order valence-electron chi connectivity index (χ1n) is 8.16. The molecule has 20 heavy (non-hydrogen) atoms. The lowest BCUT2D eigenvalue weighted by Crippen LogP contribution is -2.41. The first kappa shape index (κ1) is 15.5. The van der Waals surface area contributed by atoms with Gasteiger partial charge in [-0.2, -0.15) is 0 Å². The fourth-order valence-corrected chi connectivity index (χ4v) is 2.89. The van der Waals surface area contributed by atoms with Crippen LogP contribution in [0.4, 0.5) is 0 Å². The van der Waals surface area contributed by atoms with E-state index in [1.165, 1.54) is 31.2 Å². The van der Waals surface area contributed by atoms with Crippen molar-refractivity contribution < 1.29 is 9.47 Å². The maximum Gasteiger partial charge on any atom is 0.169 e. The second kappa shape index (κ2) is 7.80. The van der Waals surface area contributed by atoms with Crippen molar-refractivity contribution in [3.05, 3.63) is 35.9 Å². The van der Waals surface area contributed by atoms with E-state index in [0.717, 1.165) is 25.9 Å². The van der Waals surface area contributed by atoms with Crippen LogP contribution in [0, 0.1) is 0 Å². The quantitative estimate of drug-likeness (QED) is 0.678. The molecule has 2 heteroatoms. The van der Waals surface area contributed by atoms with Gasteiger partial charge < -0.3 is 9.47 Å². The molecule has 1 fully saturated rings. The SMILES string of the molecule is CCCCC1(CCCC)OCCC(c2ccccc2)O1. The van der Waals surface area contributed by atoms with Gasteiger partial charge in [0, 0.05) is 19.3 Å². The van der Waals surface area contributed by atoms with Crippen LogP contribution in [0.5, 0.6) is 0 Å². The molecule has 1 atom stereocenters. The van der Waals surface area contributed by atoms with Crippen molar-refractivity contribution in [1.82, 2.24) is 0 Å². The Hall–Kier alpha value is -0.860. The summed E-state index contributed by atoms with van der Waals surface area (Å²) in [5.74, 6) is -0.342. The van der Waals surface area contributed by atoms with Crippen LogP contribution < -0.4 is 0 Å². The van der Waals surface area contributed by atoms with Gasteiger partial charge in [-0.05, 0) is 18.4 Å². The van der Waals surface area contributed by atoms with Gasteiger partial charge in [-0.15, -0.1) is 0 Å². The number of rotatable bonds is 7. The molecule has 0 radical (unpaired) electrons. The summed E-state index contributed by atoms with van der Waals surface area (Å²) in [5, 5.41) is 0. The predicted octanol–water partition coefficient (Wildman–Crippen LogP) is 5.24. The zero-order valence-electron chi connectivity index (χ0n) is 12.9. The van der Waals surface area contributed by atoms with Crippen molar-refractivity contribution in [3.8, 4) is 0 Å². The highest BCUT2D eigenvalue weighted by molar-refractivity contribution is 5.18. The van der Waals surface area contributed by atoms with E-state index >= 15 is 0 Å². The molecule has 112 valence electrons. The standard InChI is InChI=1S/C18H28O2/c1-3-5-13-18(14-6-4-2)19-15-12-17(20-18)16-10-8-7-9-11-16/h7-11,17H,3-6,12-15H2,1-2H3. The van der Waals surface area contributed by atoms with Crippen molar-refractivity contribution in [3.63, 3.8) is 0 Å². The van der Waals surface area contributed by atoms with Crippen LogP contribution in [0.3, 0.4) is 0 Å². The summed E-state index contributed by atoms with van der Waals surface area (Å²) in [5.41, 5.74) is 1.29. The molecule has 1 unspecified atom stereocenters. The molecule has 1 aliphatic heterocycles. The molecule has 0 bridgehead atoms. The summed E-state index contributed by atoms with van der Waals surface area (Å²) < 4.78 is 12.5. The van der Waals surface area contributed by atoms with Crippen LogP contribution >= 0.6 is 0 Å². The highest BCUT2D eigenvalue weighted by Gasteiger charge is 2.37. The molecule has 0 aromatic heterocycles. The molecule has 0 amide bonds. The molecule has 2 rings (SSSR count). The van der Waals surface area contributed by atoms with E-state index < -0.39 is 0 Å². The van der Waals surface area contributed by atoms with E-state index in [-0.39, 0.29) is 11.9 Å². The van der Waals surface area contributed by atoms with Crippen molar-refractivity contribution >= 4 is 0 Å². The van der Waals surface area contributed by atoms with Gasteiger partial charge in [-0.3, -0.25) is 0 Å². The minimum absolute atomic E-state index is 0.193. The van der Waals surface area contributed by atoms with Crippen LogP contribution in [0.2, 0.25) is 0 Å². The number of unbranched alkanes of at least 4 members (excludes halogenated alkanes) is 2. The Labute approximate surface area is 123 Å². The lowest BCUT2D eigenvalue weighted by molar-refractivity contribution is -0.302. The van der Waals surface area contributed by atoms with E-state index in [2.05, 4.69) is 44.2 Å². The summed E-state index contributed by atoms with van der Waals surface area (Å²) in [6.45, 7) is 5.27. The fraction of sp³-hybridized carbons (Fsp3) is 0.667. The van der Waals surface area contributed by atoms with E-state index in [4.69, 9.17) is 9.47 Å². The monoisotopic (exact) mass is 276 g/mol. The van der Waals surface area contributed by atoms with Crippen LogP contribution in [0.15, 0.2) is 30.3 Å². The van der Waals surface area contributed by atoms with Gasteiger partial charge in [0.15, 0.2) is 5.79 Å². The molecular weight excluding hydrogens is 248 g/mol. The van der Waals surface area contributed by atoms with E-state index in [1.807, 2.05) is 0 Å². The van der Waals surface area contributed by atoms with Crippen molar-refractivity contribution in [2.75, 3.05) is 6.61 Å². The molecule has 0 spiro atoms. The topological polar surface area (TPSA) is 18.5 Å². The van der Waals surface area contributed by atoms with Gasteiger partial charge in [0.25, 0.3) is 0 Å². The van der Waals surface area contributed by atoms with Gasteiger partial charge in [0.2, 0.25) is 0 Å². The zero-order valence-corrected chi connectivity index (χ0v) is 12.9. The summed E-state index contributed by atoms with van der Waals surface area (Å²) in [6, 6.07) is 10.6. The van der Waals surface area contributed by atoms with Crippen molar-refractivity contribution in [2.45, 2.75) is 70.7 Å². The lowest BCUT2D eigenvalue weighted by atomic mass is 9.98. The molecule has 1 aromatic carbocycles. The minimum Gasteiger partial charge on any atom is -0.350 e. The van der Waals surface area contributed by atoms with Gasteiger partial charge >= 0.3 is 0 Å². The number of hydrogen-bond acceptors (Lipinski definition) is 2. The second-order valence-corrected chi connectivity index (χ2v) is 5.77. The molecule has 1 aliphatic rings. The average Bonchev–Trinajstić information content (AvgIpc) is 2.52. The smallest absolute Gasteiger partial charge is 0.169 e. The minimum atomic E-state index is -0.342. The van der Waals surface area contributed by atoms with Gasteiger partial charge in [-0.1, -0.05) is 57.0 Å². The number of benzene rings is 1. The summed E-state index contributed by atoms with van der Waals surface area (Å²) in [7, 11) is 0. The maximum absolute atomic E-state index is 6.44. The van der Waals surface area contributed by atoms with E-state index in [9.17, 15) is 0 Å². The maximum atomic E-state index is 6.44. The van der Waals surface area contributed by atoms with Gasteiger partial charge in [-0.25, -0.2) is 0 Å². The molecule has 1 heterocycles. The zero-order chi connectivity index (χ0) is 14.3. The summed E-state index contributed by atoms with van der Waals surface area (Å²) >= 11 is 0. The molecule has 0 N–H and O–H groups in total. The van der Waals surface area contributed by atoms with Gasteiger partial charge in [0.05, 0.1) is 12.7 Å². The van der Waals surface area contributed by atoms with Crippen molar-refractivity contribution in [2.24, 2.45) is 0 Å². The third kappa shape index (κ3) is 4.07. The average molecular weight is 276 g/mol. The predicted molar refractivity (Wildman–Crippen MR) is 82.6 cm³/mol. The Balaban J connectivity index is 2.07. The Morgan fingerprint density at radius 3 is 2.30 bits per heavy atom. The molecule has 0 saturated carbocycles. The largest absolute Gasteiger partial charge is 0.350 e. The van der Waals surface area contributed by atoms with E-state index in [0.29, 0.717) is 0 Å². The lowest BCUT2D eigenvalue weighted by Gasteiger charge is -2.41. The third-order valence-corrected chi connectivity index (χ3v) is 4.10. The molecule has 0 aliphatic carbocycles. The van der Waals surface area contributed by atoms with Crippen LogP contribution in [0.25, 0.3) is 0 Å². The third-order valence-electron chi connectivity index (χ3n) is 4.10. The summed E-state index contributed by atoms with van der Waals surface area (Å²) in [6.07, 6.45) is 7.92. The highest BCUT2D eigenvalue weighted by Crippen LogP contribution is 2.38. The Morgan fingerprint density at radius 1 is 1.05 bits per heavy atom.